The lowest BCUT2D eigenvalue weighted by molar-refractivity contribution is -0.138. The van der Waals surface area contributed by atoms with E-state index in [9.17, 15) is 13.2 Å². The summed E-state index contributed by atoms with van der Waals surface area (Å²) < 4.78 is 46.4. The predicted octanol–water partition coefficient (Wildman–Crippen LogP) is 5.06. The van der Waals surface area contributed by atoms with Crippen LogP contribution in [-0.2, 0) is 12.7 Å². The molecule has 0 aliphatic rings. The smallest absolute Gasteiger partial charge is 0.416 e. The summed E-state index contributed by atoms with van der Waals surface area (Å²) in [6, 6.07) is 13.0. The number of hydrogen-bond donors (Lipinski definition) is 1. The lowest BCUT2D eigenvalue weighted by Crippen LogP contribution is -2.21. The van der Waals surface area contributed by atoms with Gasteiger partial charge in [0.1, 0.15) is 5.75 Å². The summed E-state index contributed by atoms with van der Waals surface area (Å²) in [5.41, 5.74) is 2.36. The summed E-state index contributed by atoms with van der Waals surface area (Å²) in [7, 11) is 1.61. The van der Waals surface area contributed by atoms with Crippen LogP contribution in [0.4, 0.5) is 13.2 Å². The molecule has 0 radical (unpaired) electrons. The van der Waals surface area contributed by atoms with E-state index in [-0.39, 0.29) is 18.2 Å². The lowest BCUT2D eigenvalue weighted by atomic mass is 10.1. The molecule has 0 aliphatic carbocycles. The number of aromatic nitrogens is 2. The Labute approximate surface area is 162 Å². The van der Waals surface area contributed by atoms with Crippen LogP contribution in [0, 0.1) is 6.92 Å². The quantitative estimate of drug-likeness (QED) is 0.641. The monoisotopic (exact) mass is 389 g/mol. The zero-order valence-corrected chi connectivity index (χ0v) is 15.9. The lowest BCUT2D eigenvalue weighted by Gasteiger charge is -2.17. The Morgan fingerprint density at radius 1 is 1.11 bits per heavy atom. The number of alkyl halides is 3. The van der Waals surface area contributed by atoms with E-state index in [0.29, 0.717) is 0 Å². The van der Waals surface area contributed by atoms with Crippen molar-refractivity contribution in [1.82, 2.24) is 15.1 Å². The van der Waals surface area contributed by atoms with Crippen molar-refractivity contribution >= 4 is 0 Å². The molecule has 28 heavy (non-hydrogen) atoms. The van der Waals surface area contributed by atoms with Gasteiger partial charge >= 0.3 is 6.18 Å². The number of hydrogen-bond acceptors (Lipinski definition) is 3. The van der Waals surface area contributed by atoms with Gasteiger partial charge in [0.15, 0.2) is 0 Å². The number of methoxy groups -OCH3 is 1. The van der Waals surface area contributed by atoms with Crippen LogP contribution < -0.4 is 10.1 Å². The fourth-order valence-electron chi connectivity index (χ4n) is 3.16. The molecule has 148 valence electrons. The molecule has 0 spiro atoms. The molecule has 0 fully saturated rings. The van der Waals surface area contributed by atoms with E-state index in [2.05, 4.69) is 10.4 Å². The number of benzene rings is 2. The van der Waals surface area contributed by atoms with E-state index < -0.39 is 11.7 Å². The third kappa shape index (κ3) is 4.20. The molecule has 1 heterocycles. The summed E-state index contributed by atoms with van der Waals surface area (Å²) in [5.74, 6) is 0.757. The first kappa shape index (κ1) is 19.9. The number of halogens is 3. The normalized spacial score (nSPS) is 12.8. The summed E-state index contributed by atoms with van der Waals surface area (Å²) >= 11 is 0. The van der Waals surface area contributed by atoms with Crippen LogP contribution in [0.5, 0.6) is 5.75 Å². The van der Waals surface area contributed by atoms with E-state index in [4.69, 9.17) is 4.74 Å². The van der Waals surface area contributed by atoms with Crippen LogP contribution in [-0.4, -0.2) is 16.9 Å². The third-order valence-corrected chi connectivity index (χ3v) is 4.75. The topological polar surface area (TPSA) is 39.1 Å². The van der Waals surface area contributed by atoms with Crippen molar-refractivity contribution in [2.75, 3.05) is 7.11 Å². The van der Waals surface area contributed by atoms with E-state index in [1.54, 1.807) is 24.1 Å². The van der Waals surface area contributed by atoms with Gasteiger partial charge in [0.05, 0.1) is 24.6 Å². The molecule has 3 aromatic rings. The summed E-state index contributed by atoms with van der Waals surface area (Å²) in [5, 5.41) is 7.61. The van der Waals surface area contributed by atoms with Crippen LogP contribution in [0.3, 0.4) is 0 Å². The molecule has 0 amide bonds. The third-order valence-electron chi connectivity index (χ3n) is 4.75. The van der Waals surface area contributed by atoms with Crippen molar-refractivity contribution in [3.05, 3.63) is 77.1 Å². The van der Waals surface area contributed by atoms with Crippen LogP contribution in [0.15, 0.2) is 54.7 Å². The molecule has 1 atom stereocenters. The molecular weight excluding hydrogens is 367 g/mol. The molecule has 3 rings (SSSR count). The van der Waals surface area contributed by atoms with Crippen molar-refractivity contribution < 1.29 is 17.9 Å². The highest BCUT2D eigenvalue weighted by Crippen LogP contribution is 2.32. The summed E-state index contributed by atoms with van der Waals surface area (Å²) in [6.07, 6.45) is -2.62. The molecule has 0 saturated carbocycles. The van der Waals surface area contributed by atoms with Gasteiger partial charge in [-0.25, -0.2) is 4.68 Å². The molecule has 0 aliphatic heterocycles. The fourth-order valence-corrected chi connectivity index (χ4v) is 3.16. The fraction of sp³-hybridized carbons (Fsp3) is 0.286. The van der Waals surface area contributed by atoms with Crippen LogP contribution in [0.25, 0.3) is 5.69 Å². The maximum absolute atomic E-state index is 13.2. The average Bonchev–Trinajstić information content (AvgIpc) is 3.07. The van der Waals surface area contributed by atoms with Crippen molar-refractivity contribution in [1.29, 1.82) is 0 Å². The molecule has 1 aromatic heterocycles. The van der Waals surface area contributed by atoms with Crippen LogP contribution >= 0.6 is 0 Å². The Hall–Kier alpha value is -2.80. The SMILES string of the molecule is COc1ccc(-n2ncc([C@H](C)NCc3ccccc3C(F)(F)F)c2C)cc1. The minimum atomic E-state index is -4.36. The maximum Gasteiger partial charge on any atom is 0.416 e. The Morgan fingerprint density at radius 3 is 2.43 bits per heavy atom. The van der Waals surface area contributed by atoms with Crippen LogP contribution in [0.2, 0.25) is 0 Å². The maximum atomic E-state index is 13.2. The standard InChI is InChI=1S/C21H22F3N3O/c1-14(25-12-16-6-4-5-7-20(16)21(22,23)24)19-13-26-27(15(19)2)17-8-10-18(28-3)11-9-17/h4-11,13-14,25H,12H2,1-3H3/t14-/m0/s1. The van der Waals surface area contributed by atoms with Gasteiger partial charge in [-0.3, -0.25) is 0 Å². The largest absolute Gasteiger partial charge is 0.497 e. The van der Waals surface area contributed by atoms with E-state index >= 15 is 0 Å². The van der Waals surface area contributed by atoms with Gasteiger partial charge in [-0.05, 0) is 49.7 Å². The number of nitrogens with one attached hydrogen (secondary N) is 1. The summed E-state index contributed by atoms with van der Waals surface area (Å²) in [6.45, 7) is 3.97. The molecule has 0 bridgehead atoms. The van der Waals surface area contributed by atoms with E-state index in [0.717, 1.165) is 28.8 Å². The molecular formula is C21H22F3N3O. The van der Waals surface area contributed by atoms with Gasteiger partial charge in [0.2, 0.25) is 0 Å². The second-order valence-corrected chi connectivity index (χ2v) is 6.55. The minimum absolute atomic E-state index is 0.115. The van der Waals surface area contributed by atoms with Crippen molar-refractivity contribution in [2.24, 2.45) is 0 Å². The number of ether oxygens (including phenoxy) is 1. The van der Waals surface area contributed by atoms with Gasteiger partial charge in [0, 0.05) is 23.8 Å². The Morgan fingerprint density at radius 2 is 1.79 bits per heavy atom. The Balaban J connectivity index is 1.76. The van der Waals surface area contributed by atoms with Gasteiger partial charge < -0.3 is 10.1 Å². The Bertz CT molecular complexity index is 933. The highest BCUT2D eigenvalue weighted by atomic mass is 19.4. The molecule has 2 aromatic carbocycles. The zero-order valence-electron chi connectivity index (χ0n) is 15.9. The van der Waals surface area contributed by atoms with Gasteiger partial charge in [-0.1, -0.05) is 18.2 Å². The second kappa shape index (κ2) is 8.06. The molecule has 4 nitrogen and oxygen atoms in total. The Kier molecular flexibility index (Phi) is 5.74. The van der Waals surface area contributed by atoms with Gasteiger partial charge in [-0.2, -0.15) is 18.3 Å². The highest BCUT2D eigenvalue weighted by molar-refractivity contribution is 5.39. The average molecular weight is 389 g/mol. The van der Waals surface area contributed by atoms with Crippen molar-refractivity contribution in [3.63, 3.8) is 0 Å². The molecule has 0 saturated heterocycles. The highest BCUT2D eigenvalue weighted by Gasteiger charge is 2.32. The van der Waals surface area contributed by atoms with E-state index in [1.807, 2.05) is 38.1 Å². The predicted molar refractivity (Wildman–Crippen MR) is 102 cm³/mol. The van der Waals surface area contributed by atoms with Crippen molar-refractivity contribution in [2.45, 2.75) is 32.6 Å². The summed E-state index contributed by atoms with van der Waals surface area (Å²) in [4.78, 5) is 0. The minimum Gasteiger partial charge on any atom is -0.497 e. The zero-order chi connectivity index (χ0) is 20.3. The molecule has 0 unspecified atom stereocenters. The molecule has 7 heteroatoms. The number of rotatable bonds is 6. The van der Waals surface area contributed by atoms with E-state index in [1.165, 1.54) is 12.1 Å². The van der Waals surface area contributed by atoms with Gasteiger partial charge in [0.25, 0.3) is 0 Å². The van der Waals surface area contributed by atoms with Crippen molar-refractivity contribution in [3.8, 4) is 11.4 Å². The number of nitrogens with zero attached hydrogens (tertiary/aromatic N) is 2. The molecule has 1 N–H and O–H groups in total. The first-order valence-electron chi connectivity index (χ1n) is 8.88. The first-order valence-corrected chi connectivity index (χ1v) is 8.88. The van der Waals surface area contributed by atoms with Gasteiger partial charge in [-0.15, -0.1) is 0 Å². The first-order chi connectivity index (χ1) is 13.3. The second-order valence-electron chi connectivity index (χ2n) is 6.55. The van der Waals surface area contributed by atoms with Crippen LogP contribution in [0.1, 0.15) is 35.3 Å².